The quantitative estimate of drug-likeness (QED) is 0.638. The first kappa shape index (κ1) is 15.7. The van der Waals surface area contributed by atoms with Gasteiger partial charge in [-0.15, -0.1) is 0 Å². The van der Waals surface area contributed by atoms with Crippen LogP contribution in [-0.2, 0) is 4.74 Å². The SMILES string of the molecule is COCCNC(C)(CO)CCCC(F)(F)F. The fourth-order valence-corrected chi connectivity index (χ4v) is 1.36. The predicted octanol–water partition coefficient (Wildman–Crippen LogP) is 1.71. The smallest absolute Gasteiger partial charge is 0.389 e. The highest BCUT2D eigenvalue weighted by Gasteiger charge is 2.29. The van der Waals surface area contributed by atoms with Crippen molar-refractivity contribution >= 4 is 0 Å². The molecule has 0 amide bonds. The summed E-state index contributed by atoms with van der Waals surface area (Å²) in [5, 5.41) is 12.1. The molecule has 0 bridgehead atoms. The van der Waals surface area contributed by atoms with Gasteiger partial charge in [-0.2, -0.15) is 13.2 Å². The van der Waals surface area contributed by atoms with Crippen LogP contribution >= 0.6 is 0 Å². The number of hydrogen-bond donors (Lipinski definition) is 2. The summed E-state index contributed by atoms with van der Waals surface area (Å²) in [4.78, 5) is 0. The number of methoxy groups -OCH3 is 1. The molecule has 0 aliphatic heterocycles. The van der Waals surface area contributed by atoms with E-state index in [1.165, 1.54) is 0 Å². The van der Waals surface area contributed by atoms with E-state index in [2.05, 4.69) is 5.32 Å². The van der Waals surface area contributed by atoms with Gasteiger partial charge in [-0.1, -0.05) is 0 Å². The van der Waals surface area contributed by atoms with Crippen LogP contribution in [0.25, 0.3) is 0 Å². The van der Waals surface area contributed by atoms with Crippen LogP contribution in [0.1, 0.15) is 26.2 Å². The third-order valence-corrected chi connectivity index (χ3v) is 2.40. The molecule has 0 heterocycles. The third-order valence-electron chi connectivity index (χ3n) is 2.40. The maximum Gasteiger partial charge on any atom is 0.389 e. The molecule has 0 aromatic heterocycles. The van der Waals surface area contributed by atoms with Crippen LogP contribution in [-0.4, -0.2) is 43.7 Å². The number of hydrogen-bond acceptors (Lipinski definition) is 3. The van der Waals surface area contributed by atoms with Gasteiger partial charge in [0.05, 0.1) is 13.2 Å². The summed E-state index contributed by atoms with van der Waals surface area (Å²) in [5.41, 5.74) is -0.663. The van der Waals surface area contributed by atoms with E-state index in [4.69, 9.17) is 9.84 Å². The summed E-state index contributed by atoms with van der Waals surface area (Å²) in [5.74, 6) is 0. The molecule has 0 radical (unpaired) electrons. The molecule has 0 saturated carbocycles. The van der Waals surface area contributed by atoms with E-state index < -0.39 is 18.1 Å². The molecule has 0 aromatic carbocycles. The molecule has 0 aliphatic carbocycles. The largest absolute Gasteiger partial charge is 0.394 e. The lowest BCUT2D eigenvalue weighted by atomic mass is 9.95. The topological polar surface area (TPSA) is 41.5 Å². The highest BCUT2D eigenvalue weighted by Crippen LogP contribution is 2.24. The molecule has 1 unspecified atom stereocenters. The first-order valence-electron chi connectivity index (χ1n) is 5.24. The minimum absolute atomic E-state index is 0.0144. The minimum Gasteiger partial charge on any atom is -0.394 e. The Balaban J connectivity index is 3.87. The normalized spacial score (nSPS) is 16.1. The molecule has 0 spiro atoms. The van der Waals surface area contributed by atoms with Crippen LogP contribution in [0.2, 0.25) is 0 Å². The van der Waals surface area contributed by atoms with E-state index >= 15 is 0 Å². The molecular formula is C10H20F3NO2. The second-order valence-electron chi connectivity index (χ2n) is 4.11. The number of aliphatic hydroxyl groups is 1. The Labute approximate surface area is 94.0 Å². The van der Waals surface area contributed by atoms with E-state index in [0.717, 1.165) is 0 Å². The second-order valence-corrected chi connectivity index (χ2v) is 4.11. The predicted molar refractivity (Wildman–Crippen MR) is 55.3 cm³/mol. The van der Waals surface area contributed by atoms with Crippen LogP contribution in [0.3, 0.4) is 0 Å². The van der Waals surface area contributed by atoms with Gasteiger partial charge in [0.2, 0.25) is 0 Å². The first-order chi connectivity index (χ1) is 7.33. The van der Waals surface area contributed by atoms with Gasteiger partial charge >= 0.3 is 6.18 Å². The Kier molecular flexibility index (Phi) is 6.94. The summed E-state index contributed by atoms with van der Waals surface area (Å²) in [6.45, 7) is 2.50. The molecule has 1 atom stereocenters. The van der Waals surface area contributed by atoms with Crippen LogP contribution < -0.4 is 5.32 Å². The molecule has 0 saturated heterocycles. The van der Waals surface area contributed by atoms with Gasteiger partial charge in [0.1, 0.15) is 0 Å². The van der Waals surface area contributed by atoms with E-state index in [1.54, 1.807) is 14.0 Å². The summed E-state index contributed by atoms with van der Waals surface area (Å²) in [6, 6.07) is 0. The zero-order valence-corrected chi connectivity index (χ0v) is 9.73. The molecule has 0 fully saturated rings. The van der Waals surface area contributed by atoms with Crippen molar-refractivity contribution in [2.75, 3.05) is 26.9 Å². The number of rotatable bonds is 8. The number of halogens is 3. The van der Waals surface area contributed by atoms with Crippen molar-refractivity contribution in [1.29, 1.82) is 0 Å². The Morgan fingerprint density at radius 2 is 1.88 bits per heavy atom. The number of nitrogens with one attached hydrogen (secondary N) is 1. The Hall–Kier alpha value is -0.330. The van der Waals surface area contributed by atoms with Crippen molar-refractivity contribution in [3.05, 3.63) is 0 Å². The molecule has 2 N–H and O–H groups in total. The van der Waals surface area contributed by atoms with E-state index in [0.29, 0.717) is 13.2 Å². The van der Waals surface area contributed by atoms with Crippen molar-refractivity contribution in [3.63, 3.8) is 0 Å². The maximum atomic E-state index is 11.9. The zero-order chi connectivity index (χ0) is 12.7. The van der Waals surface area contributed by atoms with Gasteiger partial charge in [0.15, 0.2) is 0 Å². The van der Waals surface area contributed by atoms with Crippen molar-refractivity contribution < 1.29 is 23.0 Å². The minimum atomic E-state index is -4.12. The number of ether oxygens (including phenoxy) is 1. The van der Waals surface area contributed by atoms with Gasteiger partial charge in [0.25, 0.3) is 0 Å². The molecule has 6 heteroatoms. The van der Waals surface area contributed by atoms with Gasteiger partial charge in [-0.25, -0.2) is 0 Å². The van der Waals surface area contributed by atoms with Gasteiger partial charge < -0.3 is 15.2 Å². The van der Waals surface area contributed by atoms with Crippen LogP contribution in [0.4, 0.5) is 13.2 Å². The Morgan fingerprint density at radius 1 is 1.25 bits per heavy atom. The van der Waals surface area contributed by atoms with Crippen molar-refractivity contribution in [3.8, 4) is 0 Å². The lowest BCUT2D eigenvalue weighted by Crippen LogP contribution is -2.47. The van der Waals surface area contributed by atoms with E-state index in [1.807, 2.05) is 0 Å². The molecule has 0 rings (SSSR count). The van der Waals surface area contributed by atoms with Crippen molar-refractivity contribution in [2.45, 2.75) is 37.9 Å². The molecule has 3 nitrogen and oxygen atoms in total. The summed E-state index contributed by atoms with van der Waals surface area (Å²) in [7, 11) is 1.54. The van der Waals surface area contributed by atoms with Crippen LogP contribution in [0.5, 0.6) is 0 Å². The Bertz CT molecular complexity index is 187. The van der Waals surface area contributed by atoms with Gasteiger partial charge in [0, 0.05) is 25.6 Å². The zero-order valence-electron chi connectivity index (χ0n) is 9.73. The monoisotopic (exact) mass is 243 g/mol. The lowest BCUT2D eigenvalue weighted by Gasteiger charge is -2.29. The van der Waals surface area contributed by atoms with E-state index in [-0.39, 0.29) is 19.4 Å². The molecule has 0 aromatic rings. The highest BCUT2D eigenvalue weighted by atomic mass is 19.4. The molecular weight excluding hydrogens is 223 g/mol. The van der Waals surface area contributed by atoms with E-state index in [9.17, 15) is 13.2 Å². The average molecular weight is 243 g/mol. The lowest BCUT2D eigenvalue weighted by molar-refractivity contribution is -0.136. The third kappa shape index (κ3) is 7.90. The highest BCUT2D eigenvalue weighted by molar-refractivity contribution is 4.82. The average Bonchev–Trinajstić information content (AvgIpc) is 2.16. The fourth-order valence-electron chi connectivity index (χ4n) is 1.36. The molecule has 0 aliphatic rings. The van der Waals surface area contributed by atoms with Crippen molar-refractivity contribution in [1.82, 2.24) is 5.32 Å². The summed E-state index contributed by atoms with van der Waals surface area (Å²) >= 11 is 0. The number of aliphatic hydroxyl groups excluding tert-OH is 1. The fraction of sp³-hybridized carbons (Fsp3) is 1.00. The summed E-state index contributed by atoms with van der Waals surface area (Å²) in [6.07, 6.45) is -4.63. The standard InChI is InChI=1S/C10H20F3NO2/c1-9(8-15,14-6-7-16-2)4-3-5-10(11,12)13/h14-15H,3-8H2,1-2H3. The molecule has 16 heavy (non-hydrogen) atoms. The Morgan fingerprint density at radius 3 is 2.31 bits per heavy atom. The van der Waals surface area contributed by atoms with Crippen molar-refractivity contribution in [2.24, 2.45) is 0 Å². The molecule has 98 valence electrons. The number of alkyl halides is 3. The maximum absolute atomic E-state index is 11.9. The van der Waals surface area contributed by atoms with Gasteiger partial charge in [-0.3, -0.25) is 0 Å². The second kappa shape index (κ2) is 7.09. The summed E-state index contributed by atoms with van der Waals surface area (Å²) < 4.78 is 40.6. The van der Waals surface area contributed by atoms with Crippen LogP contribution in [0, 0.1) is 0 Å². The van der Waals surface area contributed by atoms with Crippen LogP contribution in [0.15, 0.2) is 0 Å². The van der Waals surface area contributed by atoms with Gasteiger partial charge in [-0.05, 0) is 19.8 Å². The first-order valence-corrected chi connectivity index (χ1v) is 5.24.